The Bertz CT molecular complexity index is 879. The molecule has 6 heteroatoms. The Morgan fingerprint density at radius 1 is 1.29 bits per heavy atom. The molecule has 1 aromatic heterocycles. The van der Waals surface area contributed by atoms with E-state index in [1.165, 1.54) is 12.1 Å². The first kappa shape index (κ1) is 13.3. The molecule has 0 bridgehead atoms. The van der Waals surface area contributed by atoms with E-state index >= 15 is 0 Å². The molecular weight excluding hydrogens is 287 g/mol. The number of hydrogen-bond acceptors (Lipinski definition) is 5. The average molecular weight is 298 g/mol. The quantitative estimate of drug-likeness (QED) is 0.703. The van der Waals surface area contributed by atoms with Crippen LogP contribution in [0.4, 0.5) is 21.5 Å². The zero-order valence-electron chi connectivity index (χ0n) is 11.1. The topological polar surface area (TPSA) is 74.7 Å². The molecule has 0 spiro atoms. The number of anilines is 3. The summed E-state index contributed by atoms with van der Waals surface area (Å²) in [4.78, 5) is 4.39. The average Bonchev–Trinajstić information content (AvgIpc) is 2.80. The third-order valence-electron chi connectivity index (χ3n) is 3.03. The molecule has 0 saturated carbocycles. The van der Waals surface area contributed by atoms with Crippen LogP contribution in [0.1, 0.15) is 10.6 Å². The number of halogens is 1. The van der Waals surface area contributed by atoms with Crippen molar-refractivity contribution in [3.8, 4) is 6.07 Å². The number of benzene rings is 2. The lowest BCUT2D eigenvalue weighted by molar-refractivity contribution is 0.631. The first-order valence-corrected chi connectivity index (χ1v) is 7.02. The van der Waals surface area contributed by atoms with E-state index in [1.54, 1.807) is 23.5 Å². The van der Waals surface area contributed by atoms with Gasteiger partial charge in [-0.2, -0.15) is 5.26 Å². The number of nitriles is 1. The molecule has 3 rings (SSSR count). The molecule has 0 saturated heterocycles. The number of aryl methyl sites for hydroxylation is 1. The first-order chi connectivity index (χ1) is 10.1. The second-order valence-corrected chi connectivity index (χ2v) is 5.81. The Kier molecular flexibility index (Phi) is 3.20. The van der Waals surface area contributed by atoms with E-state index in [9.17, 15) is 4.39 Å². The van der Waals surface area contributed by atoms with Gasteiger partial charge in [-0.1, -0.05) is 0 Å². The molecule has 0 aliphatic heterocycles. The summed E-state index contributed by atoms with van der Waals surface area (Å²) in [6.45, 7) is 1.92. The number of nitrogen functional groups attached to an aromatic ring is 1. The molecule has 21 heavy (non-hydrogen) atoms. The van der Waals surface area contributed by atoms with Crippen LogP contribution in [0.5, 0.6) is 0 Å². The third kappa shape index (κ3) is 2.51. The standard InChI is InChI=1S/C15H11FN4S/c1-8-19-14-6-13(11(18)5-15(14)21-8)20-12-3-2-9(7-17)4-10(12)16/h2-6,20H,18H2,1H3. The summed E-state index contributed by atoms with van der Waals surface area (Å²) in [5.41, 5.74) is 8.48. The van der Waals surface area contributed by atoms with Crippen LogP contribution in [0.2, 0.25) is 0 Å². The van der Waals surface area contributed by atoms with Crippen molar-refractivity contribution in [3.63, 3.8) is 0 Å². The third-order valence-corrected chi connectivity index (χ3v) is 3.97. The van der Waals surface area contributed by atoms with Gasteiger partial charge >= 0.3 is 0 Å². The number of rotatable bonds is 2. The predicted octanol–water partition coefficient (Wildman–Crippen LogP) is 3.94. The summed E-state index contributed by atoms with van der Waals surface area (Å²) in [5, 5.41) is 12.6. The van der Waals surface area contributed by atoms with E-state index in [0.717, 1.165) is 15.2 Å². The summed E-state index contributed by atoms with van der Waals surface area (Å²) in [7, 11) is 0. The van der Waals surface area contributed by atoms with Crippen molar-refractivity contribution < 1.29 is 4.39 Å². The molecule has 0 unspecified atom stereocenters. The second-order valence-electron chi connectivity index (χ2n) is 4.57. The Balaban J connectivity index is 2.01. The van der Waals surface area contributed by atoms with Gasteiger partial charge in [0.05, 0.1) is 43.9 Å². The van der Waals surface area contributed by atoms with Gasteiger partial charge in [-0.15, -0.1) is 11.3 Å². The maximum Gasteiger partial charge on any atom is 0.147 e. The maximum absolute atomic E-state index is 13.9. The molecule has 0 atom stereocenters. The number of hydrogen-bond donors (Lipinski definition) is 2. The van der Waals surface area contributed by atoms with Gasteiger partial charge in [-0.3, -0.25) is 0 Å². The van der Waals surface area contributed by atoms with E-state index in [2.05, 4.69) is 10.3 Å². The van der Waals surface area contributed by atoms with Gasteiger partial charge in [0.2, 0.25) is 0 Å². The normalized spacial score (nSPS) is 10.5. The maximum atomic E-state index is 13.9. The molecule has 3 N–H and O–H groups in total. The van der Waals surface area contributed by atoms with Crippen LogP contribution >= 0.6 is 11.3 Å². The second kappa shape index (κ2) is 5.04. The summed E-state index contributed by atoms with van der Waals surface area (Å²) < 4.78 is 14.9. The minimum Gasteiger partial charge on any atom is -0.397 e. The highest BCUT2D eigenvalue weighted by atomic mass is 32.1. The monoisotopic (exact) mass is 298 g/mol. The fraction of sp³-hybridized carbons (Fsp3) is 0.0667. The molecule has 0 aliphatic carbocycles. The van der Waals surface area contributed by atoms with Crippen LogP contribution in [0, 0.1) is 24.1 Å². The van der Waals surface area contributed by atoms with Gasteiger partial charge in [-0.25, -0.2) is 9.37 Å². The van der Waals surface area contributed by atoms with E-state index < -0.39 is 5.82 Å². The number of nitrogens with zero attached hydrogens (tertiary/aromatic N) is 2. The van der Waals surface area contributed by atoms with Crippen molar-refractivity contribution in [3.05, 3.63) is 46.7 Å². The minimum absolute atomic E-state index is 0.270. The number of nitrogens with two attached hydrogens (primary N) is 1. The van der Waals surface area contributed by atoms with Crippen molar-refractivity contribution in [2.75, 3.05) is 11.1 Å². The lowest BCUT2D eigenvalue weighted by Crippen LogP contribution is -1.98. The summed E-state index contributed by atoms with van der Waals surface area (Å²) in [5.74, 6) is -0.497. The molecule has 0 radical (unpaired) electrons. The Morgan fingerprint density at radius 3 is 2.81 bits per heavy atom. The zero-order valence-corrected chi connectivity index (χ0v) is 12.0. The molecule has 0 fully saturated rings. The van der Waals surface area contributed by atoms with E-state index in [0.29, 0.717) is 11.4 Å². The lowest BCUT2D eigenvalue weighted by Gasteiger charge is -2.10. The van der Waals surface area contributed by atoms with E-state index in [1.807, 2.05) is 19.1 Å². The van der Waals surface area contributed by atoms with Crippen LogP contribution in [0.25, 0.3) is 10.2 Å². The largest absolute Gasteiger partial charge is 0.397 e. The van der Waals surface area contributed by atoms with Crippen molar-refractivity contribution >= 4 is 38.6 Å². The fourth-order valence-electron chi connectivity index (χ4n) is 2.04. The highest BCUT2D eigenvalue weighted by Crippen LogP contribution is 2.32. The minimum atomic E-state index is -0.497. The van der Waals surface area contributed by atoms with Crippen LogP contribution in [0.3, 0.4) is 0 Å². The van der Waals surface area contributed by atoms with Gasteiger partial charge < -0.3 is 11.1 Å². The molecule has 0 amide bonds. The van der Waals surface area contributed by atoms with Crippen molar-refractivity contribution in [1.82, 2.24) is 4.98 Å². The highest BCUT2D eigenvalue weighted by molar-refractivity contribution is 7.18. The predicted molar refractivity (Wildman–Crippen MR) is 83.2 cm³/mol. The molecule has 1 heterocycles. The van der Waals surface area contributed by atoms with E-state index in [-0.39, 0.29) is 11.3 Å². The molecule has 4 nitrogen and oxygen atoms in total. The summed E-state index contributed by atoms with van der Waals surface area (Å²) in [6.07, 6.45) is 0. The van der Waals surface area contributed by atoms with Crippen molar-refractivity contribution in [2.45, 2.75) is 6.92 Å². The number of fused-ring (bicyclic) bond motifs is 1. The molecule has 104 valence electrons. The van der Waals surface area contributed by atoms with Gasteiger partial charge in [0.15, 0.2) is 0 Å². The zero-order chi connectivity index (χ0) is 15.0. The van der Waals surface area contributed by atoms with Crippen LogP contribution < -0.4 is 11.1 Å². The van der Waals surface area contributed by atoms with E-state index in [4.69, 9.17) is 11.0 Å². The molecule has 3 aromatic rings. The number of thiazole rings is 1. The first-order valence-electron chi connectivity index (χ1n) is 6.20. The molecule has 2 aromatic carbocycles. The SMILES string of the molecule is Cc1nc2cc(Nc3ccc(C#N)cc3F)c(N)cc2s1. The molecular formula is C15H11FN4S. The van der Waals surface area contributed by atoms with Crippen LogP contribution in [-0.4, -0.2) is 4.98 Å². The van der Waals surface area contributed by atoms with Gasteiger partial charge in [-0.05, 0) is 37.3 Å². The Morgan fingerprint density at radius 2 is 2.10 bits per heavy atom. The Labute approximate surface area is 124 Å². The number of aromatic nitrogens is 1. The van der Waals surface area contributed by atoms with Crippen molar-refractivity contribution in [1.29, 1.82) is 5.26 Å². The Hall–Kier alpha value is -2.65. The van der Waals surface area contributed by atoms with Gasteiger partial charge in [0, 0.05) is 0 Å². The summed E-state index contributed by atoms with van der Waals surface area (Å²) >= 11 is 1.56. The van der Waals surface area contributed by atoms with Crippen LogP contribution in [-0.2, 0) is 0 Å². The van der Waals surface area contributed by atoms with Crippen LogP contribution in [0.15, 0.2) is 30.3 Å². The summed E-state index contributed by atoms with van der Waals surface area (Å²) in [6, 6.07) is 9.77. The molecule has 0 aliphatic rings. The van der Waals surface area contributed by atoms with Crippen molar-refractivity contribution in [2.24, 2.45) is 0 Å². The smallest absolute Gasteiger partial charge is 0.147 e. The fourth-order valence-corrected chi connectivity index (χ4v) is 2.90. The van der Waals surface area contributed by atoms with Gasteiger partial charge in [0.25, 0.3) is 0 Å². The highest BCUT2D eigenvalue weighted by Gasteiger charge is 2.09. The number of nitrogens with one attached hydrogen (secondary N) is 1. The van der Waals surface area contributed by atoms with Gasteiger partial charge in [0.1, 0.15) is 5.82 Å². The lowest BCUT2D eigenvalue weighted by atomic mass is 10.2.